The standard InChI is InChI=1S/C21H25N5O.HI/c1-17-8-10-20(11-9-17)27-15-13-23-21(22-2)24-16-18-12-14-26(25-18)19-6-4-3-5-7-19;/h3-12,14H,13,15-16H2,1-2H3,(H2,22,23,24);1H. The van der Waals surface area contributed by atoms with Gasteiger partial charge in [0.2, 0.25) is 0 Å². The summed E-state index contributed by atoms with van der Waals surface area (Å²) in [6.07, 6.45) is 1.96. The van der Waals surface area contributed by atoms with Gasteiger partial charge in [0.25, 0.3) is 0 Å². The fraction of sp³-hybridized carbons (Fsp3) is 0.238. The van der Waals surface area contributed by atoms with Crippen LogP contribution in [0.3, 0.4) is 0 Å². The lowest BCUT2D eigenvalue weighted by Crippen LogP contribution is -2.39. The fourth-order valence-electron chi connectivity index (χ4n) is 2.55. The number of halogens is 1. The SMILES string of the molecule is CN=C(NCCOc1ccc(C)cc1)NCc1ccn(-c2ccccc2)n1.I. The number of benzene rings is 2. The van der Waals surface area contributed by atoms with Gasteiger partial charge in [-0.3, -0.25) is 4.99 Å². The average Bonchev–Trinajstić information content (AvgIpc) is 3.18. The van der Waals surface area contributed by atoms with E-state index >= 15 is 0 Å². The molecule has 0 spiro atoms. The van der Waals surface area contributed by atoms with Gasteiger partial charge in [0.05, 0.1) is 24.5 Å². The van der Waals surface area contributed by atoms with E-state index in [1.54, 1.807) is 7.05 Å². The van der Waals surface area contributed by atoms with Crippen LogP contribution in [0.2, 0.25) is 0 Å². The van der Waals surface area contributed by atoms with Crippen molar-refractivity contribution < 1.29 is 4.74 Å². The zero-order valence-electron chi connectivity index (χ0n) is 16.1. The van der Waals surface area contributed by atoms with Gasteiger partial charge in [0, 0.05) is 13.2 Å². The second-order valence-corrected chi connectivity index (χ2v) is 6.10. The molecule has 0 saturated carbocycles. The number of nitrogens with one attached hydrogen (secondary N) is 2. The van der Waals surface area contributed by atoms with E-state index in [4.69, 9.17) is 4.74 Å². The Hall–Kier alpha value is -2.55. The van der Waals surface area contributed by atoms with Crippen LogP contribution in [-0.4, -0.2) is 35.9 Å². The van der Waals surface area contributed by atoms with Crippen molar-refractivity contribution >= 4 is 29.9 Å². The van der Waals surface area contributed by atoms with Crippen LogP contribution in [0.4, 0.5) is 0 Å². The van der Waals surface area contributed by atoms with Gasteiger partial charge < -0.3 is 15.4 Å². The number of ether oxygens (including phenoxy) is 1. The monoisotopic (exact) mass is 491 g/mol. The maximum atomic E-state index is 5.71. The number of rotatable bonds is 7. The Balaban J connectivity index is 0.00000280. The molecule has 2 aromatic carbocycles. The molecule has 3 rings (SSSR count). The van der Waals surface area contributed by atoms with E-state index in [0.717, 1.165) is 23.1 Å². The molecular formula is C21H26IN5O. The summed E-state index contributed by atoms with van der Waals surface area (Å²) in [6, 6.07) is 20.1. The third kappa shape index (κ3) is 6.56. The molecule has 1 aromatic heterocycles. The quantitative estimate of drug-likeness (QED) is 0.230. The number of hydrogen-bond acceptors (Lipinski definition) is 3. The highest BCUT2D eigenvalue weighted by atomic mass is 127. The topological polar surface area (TPSA) is 63.5 Å². The van der Waals surface area contributed by atoms with Gasteiger partial charge in [-0.05, 0) is 37.3 Å². The van der Waals surface area contributed by atoms with Gasteiger partial charge >= 0.3 is 0 Å². The summed E-state index contributed by atoms with van der Waals surface area (Å²) in [5.41, 5.74) is 3.21. The van der Waals surface area contributed by atoms with Crippen LogP contribution < -0.4 is 15.4 Å². The van der Waals surface area contributed by atoms with Gasteiger partial charge in [-0.2, -0.15) is 5.10 Å². The van der Waals surface area contributed by atoms with Gasteiger partial charge in [-0.1, -0.05) is 35.9 Å². The molecule has 28 heavy (non-hydrogen) atoms. The molecule has 2 N–H and O–H groups in total. The van der Waals surface area contributed by atoms with E-state index in [1.807, 2.05) is 71.5 Å². The minimum absolute atomic E-state index is 0. The first-order valence-corrected chi connectivity index (χ1v) is 8.98. The van der Waals surface area contributed by atoms with Crippen molar-refractivity contribution in [3.05, 3.63) is 78.1 Å². The van der Waals surface area contributed by atoms with Crippen LogP contribution in [0.15, 0.2) is 71.9 Å². The van der Waals surface area contributed by atoms with E-state index in [1.165, 1.54) is 5.56 Å². The molecule has 0 aliphatic carbocycles. The van der Waals surface area contributed by atoms with Gasteiger partial charge in [0.1, 0.15) is 12.4 Å². The first kappa shape index (κ1) is 21.7. The second kappa shape index (κ2) is 11.3. The number of hydrogen-bond donors (Lipinski definition) is 2. The Labute approximate surface area is 183 Å². The number of aryl methyl sites for hydroxylation is 1. The molecule has 0 aliphatic rings. The largest absolute Gasteiger partial charge is 0.492 e. The molecule has 0 saturated heterocycles. The van der Waals surface area contributed by atoms with Crippen molar-refractivity contribution in [3.8, 4) is 11.4 Å². The molecule has 0 radical (unpaired) electrons. The molecule has 0 aliphatic heterocycles. The molecule has 0 fully saturated rings. The predicted octanol–water partition coefficient (Wildman–Crippen LogP) is 3.54. The Morgan fingerprint density at radius 2 is 1.79 bits per heavy atom. The summed E-state index contributed by atoms with van der Waals surface area (Å²) in [7, 11) is 1.75. The zero-order valence-corrected chi connectivity index (χ0v) is 18.5. The van der Waals surface area contributed by atoms with Crippen molar-refractivity contribution in [2.24, 2.45) is 4.99 Å². The van der Waals surface area contributed by atoms with Crippen LogP contribution in [0, 0.1) is 6.92 Å². The highest BCUT2D eigenvalue weighted by Gasteiger charge is 2.03. The second-order valence-electron chi connectivity index (χ2n) is 6.10. The van der Waals surface area contributed by atoms with Gasteiger partial charge in [-0.15, -0.1) is 24.0 Å². The van der Waals surface area contributed by atoms with Crippen LogP contribution in [0.1, 0.15) is 11.3 Å². The molecule has 0 bridgehead atoms. The van der Waals surface area contributed by atoms with Gasteiger partial charge in [-0.25, -0.2) is 4.68 Å². The van der Waals surface area contributed by atoms with Crippen LogP contribution in [0.25, 0.3) is 5.69 Å². The summed E-state index contributed by atoms with van der Waals surface area (Å²) >= 11 is 0. The summed E-state index contributed by atoms with van der Waals surface area (Å²) in [5.74, 6) is 1.59. The van der Waals surface area contributed by atoms with E-state index in [9.17, 15) is 0 Å². The number of para-hydroxylation sites is 1. The number of nitrogens with zero attached hydrogens (tertiary/aromatic N) is 3. The van der Waals surface area contributed by atoms with E-state index in [-0.39, 0.29) is 24.0 Å². The lowest BCUT2D eigenvalue weighted by Gasteiger charge is -2.12. The van der Waals surface area contributed by atoms with Crippen molar-refractivity contribution in [3.63, 3.8) is 0 Å². The molecule has 1 heterocycles. The number of aromatic nitrogens is 2. The maximum Gasteiger partial charge on any atom is 0.191 e. The lowest BCUT2D eigenvalue weighted by molar-refractivity contribution is 0.322. The molecule has 7 heteroatoms. The first-order valence-electron chi connectivity index (χ1n) is 8.98. The molecule has 148 valence electrons. The maximum absolute atomic E-state index is 5.71. The van der Waals surface area contributed by atoms with Crippen LogP contribution in [0.5, 0.6) is 5.75 Å². The summed E-state index contributed by atoms with van der Waals surface area (Å²) in [4.78, 5) is 4.23. The minimum Gasteiger partial charge on any atom is -0.492 e. The molecule has 6 nitrogen and oxygen atoms in total. The molecular weight excluding hydrogens is 465 g/mol. The molecule has 0 amide bonds. The van der Waals surface area contributed by atoms with Crippen molar-refractivity contribution in [2.45, 2.75) is 13.5 Å². The predicted molar refractivity (Wildman–Crippen MR) is 124 cm³/mol. The average molecular weight is 491 g/mol. The minimum atomic E-state index is 0. The highest BCUT2D eigenvalue weighted by Crippen LogP contribution is 2.10. The smallest absolute Gasteiger partial charge is 0.191 e. The lowest BCUT2D eigenvalue weighted by atomic mass is 10.2. The third-order valence-corrected chi connectivity index (χ3v) is 4.01. The van der Waals surface area contributed by atoms with Crippen molar-refractivity contribution in [1.82, 2.24) is 20.4 Å². The fourth-order valence-corrected chi connectivity index (χ4v) is 2.55. The number of guanidine groups is 1. The van der Waals surface area contributed by atoms with Crippen molar-refractivity contribution in [1.29, 1.82) is 0 Å². The summed E-state index contributed by atoms with van der Waals surface area (Å²) in [6.45, 7) is 3.88. The Morgan fingerprint density at radius 3 is 2.50 bits per heavy atom. The Kier molecular flexibility index (Phi) is 8.80. The van der Waals surface area contributed by atoms with Crippen molar-refractivity contribution in [2.75, 3.05) is 20.2 Å². The van der Waals surface area contributed by atoms with Crippen LogP contribution >= 0.6 is 24.0 Å². The molecule has 3 aromatic rings. The summed E-state index contributed by atoms with van der Waals surface area (Å²) in [5, 5.41) is 11.1. The normalized spacial score (nSPS) is 10.9. The molecule has 0 atom stereocenters. The zero-order chi connectivity index (χ0) is 18.9. The van der Waals surface area contributed by atoms with E-state index < -0.39 is 0 Å². The summed E-state index contributed by atoms with van der Waals surface area (Å²) < 4.78 is 7.57. The van der Waals surface area contributed by atoms with Gasteiger partial charge in [0.15, 0.2) is 5.96 Å². The Bertz CT molecular complexity index is 862. The van der Waals surface area contributed by atoms with Crippen LogP contribution in [-0.2, 0) is 6.54 Å². The Morgan fingerprint density at radius 1 is 1.04 bits per heavy atom. The highest BCUT2D eigenvalue weighted by molar-refractivity contribution is 14.0. The molecule has 0 unspecified atom stereocenters. The van der Waals surface area contributed by atoms with E-state index in [2.05, 4.69) is 27.6 Å². The first-order chi connectivity index (χ1) is 13.2. The third-order valence-electron chi connectivity index (χ3n) is 4.01. The number of aliphatic imine (C=N–C) groups is 1. The van der Waals surface area contributed by atoms with E-state index in [0.29, 0.717) is 19.7 Å².